The fourth-order valence-electron chi connectivity index (χ4n) is 3.08. The van der Waals surface area contributed by atoms with Gasteiger partial charge in [0.05, 0.1) is 5.02 Å². The van der Waals surface area contributed by atoms with Crippen molar-refractivity contribution in [3.05, 3.63) is 58.1 Å². The number of Topliss-reactive ketones (excluding diaryl/α,β-unsaturated/α-hetero) is 1. The maximum atomic E-state index is 12.5. The number of amides is 1. The molecule has 5 nitrogen and oxygen atoms in total. The first kappa shape index (κ1) is 19.5. The normalized spacial score (nSPS) is 14.8. The van der Waals surface area contributed by atoms with Crippen molar-refractivity contribution in [3.8, 4) is 11.5 Å². The third-order valence-electron chi connectivity index (χ3n) is 4.62. The zero-order valence-electron chi connectivity index (χ0n) is 14.5. The molecule has 0 bridgehead atoms. The number of likely N-dealkylation sites (tertiary alicyclic amines) is 1. The Morgan fingerprint density at radius 1 is 1.07 bits per heavy atom. The number of aromatic hydroxyl groups is 1. The largest absolute Gasteiger partial charge is 0.508 e. The lowest BCUT2D eigenvalue weighted by molar-refractivity contribution is -0.134. The molecule has 7 heteroatoms. The molecule has 0 unspecified atom stereocenters. The van der Waals surface area contributed by atoms with Crippen molar-refractivity contribution in [2.24, 2.45) is 5.92 Å². The molecule has 3 rings (SSSR count). The number of ketones is 1. The topological polar surface area (TPSA) is 66.8 Å². The number of halogens is 2. The third-order valence-corrected chi connectivity index (χ3v) is 5.15. The quantitative estimate of drug-likeness (QED) is 0.754. The maximum Gasteiger partial charge on any atom is 0.260 e. The van der Waals surface area contributed by atoms with Crippen molar-refractivity contribution in [2.75, 3.05) is 19.7 Å². The summed E-state index contributed by atoms with van der Waals surface area (Å²) in [6, 6.07) is 11.1. The Balaban J connectivity index is 1.50. The van der Waals surface area contributed by atoms with Crippen molar-refractivity contribution in [1.29, 1.82) is 0 Å². The molecule has 2 aromatic carbocycles. The highest BCUT2D eigenvalue weighted by Gasteiger charge is 2.28. The van der Waals surface area contributed by atoms with E-state index < -0.39 is 0 Å². The van der Waals surface area contributed by atoms with Crippen molar-refractivity contribution < 1.29 is 19.4 Å². The molecular formula is C20H19Cl2NO4. The molecule has 1 N–H and O–H groups in total. The molecule has 0 aliphatic carbocycles. The van der Waals surface area contributed by atoms with E-state index >= 15 is 0 Å². The average Bonchev–Trinajstić information content (AvgIpc) is 2.67. The molecule has 1 saturated heterocycles. The van der Waals surface area contributed by atoms with Crippen LogP contribution in [0.15, 0.2) is 42.5 Å². The lowest BCUT2D eigenvalue weighted by Crippen LogP contribution is -2.42. The molecule has 142 valence electrons. The van der Waals surface area contributed by atoms with Gasteiger partial charge in [0.25, 0.3) is 5.91 Å². The van der Waals surface area contributed by atoms with E-state index in [0.29, 0.717) is 47.3 Å². The van der Waals surface area contributed by atoms with E-state index in [1.165, 1.54) is 12.1 Å². The molecule has 2 aromatic rings. The van der Waals surface area contributed by atoms with E-state index in [1.54, 1.807) is 35.2 Å². The van der Waals surface area contributed by atoms with Gasteiger partial charge in [-0.05, 0) is 55.3 Å². The minimum atomic E-state index is -0.142. The lowest BCUT2D eigenvalue weighted by Gasteiger charge is -2.31. The van der Waals surface area contributed by atoms with Gasteiger partial charge in [0.15, 0.2) is 12.4 Å². The monoisotopic (exact) mass is 407 g/mol. The van der Waals surface area contributed by atoms with Crippen LogP contribution in [0.5, 0.6) is 11.5 Å². The number of phenols is 1. The first-order chi connectivity index (χ1) is 12.9. The Morgan fingerprint density at radius 2 is 1.74 bits per heavy atom. The van der Waals surface area contributed by atoms with Crippen LogP contribution in [0.1, 0.15) is 23.2 Å². The second-order valence-corrected chi connectivity index (χ2v) is 7.27. The number of carbonyl (C=O) groups is 2. The van der Waals surface area contributed by atoms with Crippen molar-refractivity contribution in [3.63, 3.8) is 0 Å². The summed E-state index contributed by atoms with van der Waals surface area (Å²) < 4.78 is 5.49. The summed E-state index contributed by atoms with van der Waals surface area (Å²) in [7, 11) is 0. The van der Waals surface area contributed by atoms with E-state index in [4.69, 9.17) is 27.9 Å². The van der Waals surface area contributed by atoms with Crippen LogP contribution in [-0.2, 0) is 4.79 Å². The van der Waals surface area contributed by atoms with Gasteiger partial charge in [-0.3, -0.25) is 9.59 Å². The molecule has 1 amide bonds. The number of ether oxygens (including phenoxy) is 1. The van der Waals surface area contributed by atoms with Crippen LogP contribution in [0.4, 0.5) is 0 Å². The van der Waals surface area contributed by atoms with E-state index in [2.05, 4.69) is 0 Å². The molecule has 0 spiro atoms. The summed E-state index contributed by atoms with van der Waals surface area (Å²) in [6.07, 6.45) is 1.21. The fraction of sp³-hybridized carbons (Fsp3) is 0.300. The van der Waals surface area contributed by atoms with Crippen molar-refractivity contribution >= 4 is 34.9 Å². The van der Waals surface area contributed by atoms with E-state index in [9.17, 15) is 14.7 Å². The van der Waals surface area contributed by atoms with Crippen LogP contribution in [0.2, 0.25) is 10.0 Å². The van der Waals surface area contributed by atoms with Crippen molar-refractivity contribution in [2.45, 2.75) is 12.8 Å². The van der Waals surface area contributed by atoms with Gasteiger partial charge in [0.2, 0.25) is 0 Å². The summed E-state index contributed by atoms with van der Waals surface area (Å²) >= 11 is 11.9. The molecular weight excluding hydrogens is 389 g/mol. The molecule has 0 saturated carbocycles. The first-order valence-corrected chi connectivity index (χ1v) is 9.38. The molecule has 0 radical (unpaired) electrons. The van der Waals surface area contributed by atoms with Crippen LogP contribution in [0, 0.1) is 5.92 Å². The zero-order valence-corrected chi connectivity index (χ0v) is 16.0. The average molecular weight is 408 g/mol. The molecule has 0 atom stereocenters. The lowest BCUT2D eigenvalue weighted by atomic mass is 9.89. The second kappa shape index (κ2) is 8.63. The zero-order chi connectivity index (χ0) is 19.4. The predicted molar refractivity (Wildman–Crippen MR) is 104 cm³/mol. The highest BCUT2D eigenvalue weighted by atomic mass is 35.5. The third kappa shape index (κ3) is 4.93. The highest BCUT2D eigenvalue weighted by molar-refractivity contribution is 6.35. The summed E-state index contributed by atoms with van der Waals surface area (Å²) in [5, 5.41) is 10.2. The van der Waals surface area contributed by atoms with Gasteiger partial charge in [-0.2, -0.15) is 0 Å². The Morgan fingerprint density at radius 3 is 2.37 bits per heavy atom. The molecule has 27 heavy (non-hydrogen) atoms. The fourth-order valence-corrected chi connectivity index (χ4v) is 3.54. The van der Waals surface area contributed by atoms with E-state index in [-0.39, 0.29) is 30.0 Å². The number of hydrogen-bond acceptors (Lipinski definition) is 4. The number of rotatable bonds is 5. The Bertz CT molecular complexity index is 830. The minimum Gasteiger partial charge on any atom is -0.508 e. The molecule has 0 aromatic heterocycles. The predicted octanol–water partition coefficient (Wildman–Crippen LogP) is 4.20. The van der Waals surface area contributed by atoms with Crippen LogP contribution in [0.25, 0.3) is 0 Å². The van der Waals surface area contributed by atoms with E-state index in [1.807, 2.05) is 0 Å². The number of phenolic OH excluding ortho intramolecular Hbond substituents is 1. The van der Waals surface area contributed by atoms with Crippen LogP contribution in [0.3, 0.4) is 0 Å². The number of piperidine rings is 1. The van der Waals surface area contributed by atoms with Gasteiger partial charge in [-0.25, -0.2) is 0 Å². The van der Waals surface area contributed by atoms with Gasteiger partial charge in [-0.1, -0.05) is 23.2 Å². The summed E-state index contributed by atoms with van der Waals surface area (Å²) in [4.78, 5) is 26.6. The minimum absolute atomic E-state index is 0.0475. The second-order valence-electron chi connectivity index (χ2n) is 6.43. The Hall–Kier alpha value is -2.24. The maximum absolute atomic E-state index is 12.5. The van der Waals surface area contributed by atoms with Gasteiger partial charge < -0.3 is 14.7 Å². The van der Waals surface area contributed by atoms with Gasteiger partial charge >= 0.3 is 0 Å². The number of nitrogens with zero attached hydrogens (tertiary/aromatic N) is 1. The molecule has 1 aliphatic heterocycles. The van der Waals surface area contributed by atoms with Crippen LogP contribution < -0.4 is 4.74 Å². The number of carbonyl (C=O) groups excluding carboxylic acids is 2. The first-order valence-electron chi connectivity index (χ1n) is 8.63. The standard InChI is InChI=1S/C20H19Cl2NO4/c21-15-3-6-18(17(22)11-15)27-12-19(25)23-9-7-14(8-10-23)20(26)13-1-4-16(24)5-2-13/h1-6,11,14,24H,7-10,12H2. The SMILES string of the molecule is O=C(c1ccc(O)cc1)C1CCN(C(=O)COc2ccc(Cl)cc2Cl)CC1. The van der Waals surface area contributed by atoms with Gasteiger partial charge in [0.1, 0.15) is 11.5 Å². The summed E-state index contributed by atoms with van der Waals surface area (Å²) in [5.74, 6) is 0.327. The van der Waals surface area contributed by atoms with Gasteiger partial charge in [-0.15, -0.1) is 0 Å². The van der Waals surface area contributed by atoms with E-state index in [0.717, 1.165) is 0 Å². The molecule has 1 aliphatic rings. The smallest absolute Gasteiger partial charge is 0.260 e. The Kier molecular flexibility index (Phi) is 6.24. The summed E-state index contributed by atoms with van der Waals surface area (Å²) in [6.45, 7) is 0.897. The van der Waals surface area contributed by atoms with Crippen molar-refractivity contribution in [1.82, 2.24) is 4.90 Å². The van der Waals surface area contributed by atoms with Crippen LogP contribution in [-0.4, -0.2) is 41.4 Å². The Labute approximate surface area is 167 Å². The van der Waals surface area contributed by atoms with Crippen LogP contribution >= 0.6 is 23.2 Å². The number of hydrogen-bond donors (Lipinski definition) is 1. The molecule has 1 heterocycles. The van der Waals surface area contributed by atoms with Gasteiger partial charge in [0, 0.05) is 29.6 Å². The highest BCUT2D eigenvalue weighted by Crippen LogP contribution is 2.28. The number of benzene rings is 2. The summed E-state index contributed by atoms with van der Waals surface area (Å²) in [5.41, 5.74) is 0.582. The molecule has 1 fully saturated rings.